The maximum absolute atomic E-state index is 14.0. The minimum Gasteiger partial charge on any atom is -0.493 e. The zero-order chi connectivity index (χ0) is 26.7. The van der Waals surface area contributed by atoms with Crippen LogP contribution in [0.5, 0.6) is 28.7 Å². The molecule has 0 aliphatic carbocycles. The van der Waals surface area contributed by atoms with E-state index in [0.29, 0.717) is 45.6 Å². The summed E-state index contributed by atoms with van der Waals surface area (Å²) < 4.78 is 27.1. The van der Waals surface area contributed by atoms with Gasteiger partial charge in [-0.25, -0.2) is 0 Å². The lowest BCUT2D eigenvalue weighted by Gasteiger charge is -2.40. The summed E-state index contributed by atoms with van der Waals surface area (Å²) >= 11 is 0. The fourth-order valence-electron chi connectivity index (χ4n) is 4.78. The molecule has 1 heterocycles. The van der Waals surface area contributed by atoms with E-state index in [1.54, 1.807) is 62.6 Å². The van der Waals surface area contributed by atoms with Crippen molar-refractivity contribution in [3.05, 3.63) is 71.3 Å². The van der Waals surface area contributed by atoms with Crippen molar-refractivity contribution in [2.45, 2.75) is 12.0 Å². The van der Waals surface area contributed by atoms with Crippen LogP contribution in [0.3, 0.4) is 0 Å². The number of likely N-dealkylation sites (N-methyl/N-ethyl adjacent to an activating group) is 1. The highest BCUT2D eigenvalue weighted by molar-refractivity contribution is 6.04. The number of hydrogen-bond donors (Lipinski definition) is 1. The maximum Gasteiger partial charge on any atom is 0.254 e. The molecule has 1 aliphatic heterocycles. The van der Waals surface area contributed by atoms with Crippen LogP contribution in [0.2, 0.25) is 0 Å². The first-order valence-corrected chi connectivity index (χ1v) is 11.6. The van der Waals surface area contributed by atoms with Gasteiger partial charge in [-0.05, 0) is 29.3 Å². The lowest BCUT2D eigenvalue weighted by molar-refractivity contribution is -0.119. The molecule has 0 saturated heterocycles. The zero-order valence-electron chi connectivity index (χ0n) is 21.7. The second-order valence-corrected chi connectivity index (χ2v) is 8.44. The Morgan fingerprint density at radius 3 is 2.00 bits per heavy atom. The molecular weight excluding hydrogens is 476 g/mol. The van der Waals surface area contributed by atoms with Gasteiger partial charge in [0.15, 0.2) is 23.0 Å². The van der Waals surface area contributed by atoms with Crippen LogP contribution < -0.4 is 29.0 Å². The van der Waals surface area contributed by atoms with Crippen LogP contribution in [-0.2, 0) is 4.79 Å². The highest BCUT2D eigenvalue weighted by Gasteiger charge is 2.43. The molecule has 37 heavy (non-hydrogen) atoms. The Morgan fingerprint density at radius 1 is 0.784 bits per heavy atom. The first-order valence-electron chi connectivity index (χ1n) is 11.6. The second-order valence-electron chi connectivity index (χ2n) is 8.44. The molecule has 0 fully saturated rings. The third-order valence-electron chi connectivity index (χ3n) is 6.54. The van der Waals surface area contributed by atoms with Gasteiger partial charge in [-0.3, -0.25) is 9.59 Å². The Labute approximate surface area is 215 Å². The van der Waals surface area contributed by atoms with Gasteiger partial charge in [-0.1, -0.05) is 24.3 Å². The number of amides is 2. The predicted molar refractivity (Wildman–Crippen MR) is 138 cm³/mol. The molecule has 9 heteroatoms. The zero-order valence-corrected chi connectivity index (χ0v) is 21.7. The van der Waals surface area contributed by atoms with E-state index < -0.39 is 12.0 Å². The van der Waals surface area contributed by atoms with E-state index >= 15 is 0 Å². The van der Waals surface area contributed by atoms with Crippen LogP contribution in [0.4, 0.5) is 5.69 Å². The van der Waals surface area contributed by atoms with Crippen molar-refractivity contribution in [3.8, 4) is 28.7 Å². The largest absolute Gasteiger partial charge is 0.493 e. The molecule has 0 unspecified atom stereocenters. The SMILES string of the molecule is COc1ccc([C@@H]2[C@@H](C(=O)Nc3cc(OC)c(OC)c(OC)c3)c3ccccc3C(=O)N2C)cc1OC. The van der Waals surface area contributed by atoms with Crippen molar-refractivity contribution >= 4 is 17.5 Å². The molecule has 3 aromatic rings. The number of carbonyl (C=O) groups excluding carboxylic acids is 2. The van der Waals surface area contributed by atoms with Gasteiger partial charge in [0.05, 0.1) is 47.5 Å². The van der Waals surface area contributed by atoms with Crippen molar-refractivity contribution in [3.63, 3.8) is 0 Å². The number of rotatable bonds is 8. The summed E-state index contributed by atoms with van der Waals surface area (Å²) in [6, 6.07) is 15.3. The second kappa shape index (κ2) is 10.7. The van der Waals surface area contributed by atoms with Gasteiger partial charge in [0, 0.05) is 30.4 Å². The normalized spacial score (nSPS) is 16.5. The minimum absolute atomic E-state index is 0.174. The van der Waals surface area contributed by atoms with E-state index in [4.69, 9.17) is 23.7 Å². The first kappa shape index (κ1) is 25.7. The third kappa shape index (κ3) is 4.60. The molecule has 0 bridgehead atoms. The van der Waals surface area contributed by atoms with Crippen LogP contribution in [-0.4, -0.2) is 59.3 Å². The van der Waals surface area contributed by atoms with Gasteiger partial charge < -0.3 is 33.9 Å². The summed E-state index contributed by atoms with van der Waals surface area (Å²) in [5.74, 6) is 1.08. The maximum atomic E-state index is 14.0. The highest BCUT2D eigenvalue weighted by atomic mass is 16.5. The molecule has 1 aliphatic rings. The Hall–Kier alpha value is -4.40. The van der Waals surface area contributed by atoms with E-state index in [1.807, 2.05) is 18.2 Å². The summed E-state index contributed by atoms with van der Waals surface area (Å²) in [7, 11) is 9.32. The number of fused-ring (bicyclic) bond motifs is 1. The molecule has 0 aromatic heterocycles. The Balaban J connectivity index is 1.82. The third-order valence-corrected chi connectivity index (χ3v) is 6.54. The molecule has 9 nitrogen and oxygen atoms in total. The van der Waals surface area contributed by atoms with Crippen LogP contribution in [0.1, 0.15) is 33.4 Å². The standard InChI is InChI=1S/C28H30N2O7/c1-30-25(16-11-12-20(33-2)21(13-16)34-3)24(18-9-7-8-10-19(18)28(30)32)27(31)29-17-14-22(35-4)26(37-6)23(15-17)36-5/h7-15,24-25H,1-6H3,(H,29,31)/t24-,25+/m0/s1. The lowest BCUT2D eigenvalue weighted by Crippen LogP contribution is -2.44. The van der Waals surface area contributed by atoms with Crippen molar-refractivity contribution in [2.24, 2.45) is 0 Å². The number of ether oxygens (including phenoxy) is 5. The lowest BCUT2D eigenvalue weighted by atomic mass is 9.79. The van der Waals surface area contributed by atoms with Crippen molar-refractivity contribution in [1.82, 2.24) is 4.90 Å². The van der Waals surface area contributed by atoms with Crippen LogP contribution in [0.15, 0.2) is 54.6 Å². The molecular formula is C28H30N2O7. The van der Waals surface area contributed by atoms with Gasteiger partial charge in [-0.2, -0.15) is 0 Å². The molecule has 2 atom stereocenters. The van der Waals surface area contributed by atoms with Gasteiger partial charge in [-0.15, -0.1) is 0 Å². The topological polar surface area (TPSA) is 95.6 Å². The van der Waals surface area contributed by atoms with Crippen molar-refractivity contribution < 1.29 is 33.3 Å². The van der Waals surface area contributed by atoms with Gasteiger partial charge in [0.1, 0.15) is 0 Å². The number of nitrogens with zero attached hydrogens (tertiary/aromatic N) is 1. The average Bonchev–Trinajstić information content (AvgIpc) is 2.93. The average molecular weight is 507 g/mol. The van der Waals surface area contributed by atoms with E-state index in [9.17, 15) is 9.59 Å². The van der Waals surface area contributed by atoms with Crippen molar-refractivity contribution in [1.29, 1.82) is 0 Å². The van der Waals surface area contributed by atoms with Gasteiger partial charge in [0.2, 0.25) is 11.7 Å². The van der Waals surface area contributed by atoms with E-state index in [0.717, 1.165) is 5.56 Å². The molecule has 0 radical (unpaired) electrons. The molecule has 4 rings (SSSR count). The number of hydrogen-bond acceptors (Lipinski definition) is 7. The Bertz CT molecular complexity index is 1300. The monoisotopic (exact) mass is 506 g/mol. The molecule has 0 saturated carbocycles. The smallest absolute Gasteiger partial charge is 0.254 e. The number of nitrogens with one attached hydrogen (secondary N) is 1. The quantitative estimate of drug-likeness (QED) is 0.487. The number of carbonyl (C=O) groups is 2. The van der Waals surface area contributed by atoms with E-state index in [-0.39, 0.29) is 11.8 Å². The van der Waals surface area contributed by atoms with Crippen LogP contribution in [0.25, 0.3) is 0 Å². The summed E-state index contributed by atoms with van der Waals surface area (Å²) in [6.07, 6.45) is 0. The summed E-state index contributed by atoms with van der Waals surface area (Å²) in [5, 5.41) is 2.99. The van der Waals surface area contributed by atoms with Crippen molar-refractivity contribution in [2.75, 3.05) is 47.9 Å². The molecule has 1 N–H and O–H groups in total. The highest BCUT2D eigenvalue weighted by Crippen LogP contribution is 2.45. The molecule has 194 valence electrons. The Kier molecular flexibility index (Phi) is 7.42. The van der Waals surface area contributed by atoms with Gasteiger partial charge >= 0.3 is 0 Å². The minimum atomic E-state index is -0.726. The fourth-order valence-corrected chi connectivity index (χ4v) is 4.78. The van der Waals surface area contributed by atoms with E-state index in [2.05, 4.69) is 5.32 Å². The fraction of sp³-hybridized carbons (Fsp3) is 0.286. The number of benzene rings is 3. The van der Waals surface area contributed by atoms with Crippen LogP contribution >= 0.6 is 0 Å². The summed E-state index contributed by atoms with van der Waals surface area (Å²) in [4.78, 5) is 28.9. The number of anilines is 1. The molecule has 0 spiro atoms. The predicted octanol–water partition coefficient (Wildman–Crippen LogP) is 4.28. The first-order chi connectivity index (χ1) is 17.9. The molecule has 2 amide bonds. The Morgan fingerprint density at radius 2 is 1.41 bits per heavy atom. The molecule has 3 aromatic carbocycles. The number of methoxy groups -OCH3 is 5. The van der Waals surface area contributed by atoms with Gasteiger partial charge in [0.25, 0.3) is 5.91 Å². The van der Waals surface area contributed by atoms with E-state index in [1.165, 1.54) is 21.3 Å². The summed E-state index contributed by atoms with van der Waals surface area (Å²) in [6.45, 7) is 0. The summed E-state index contributed by atoms with van der Waals surface area (Å²) in [5.41, 5.74) is 2.30. The van der Waals surface area contributed by atoms with Crippen LogP contribution in [0, 0.1) is 0 Å².